The molecule has 0 bridgehead atoms. The zero-order valence-electron chi connectivity index (χ0n) is 13.1. The highest BCUT2D eigenvalue weighted by atomic mass is 79.9. The summed E-state index contributed by atoms with van der Waals surface area (Å²) in [6, 6.07) is 5.31. The Labute approximate surface area is 156 Å². The minimum atomic E-state index is -0.305. The molecule has 2 N–H and O–H groups in total. The van der Waals surface area contributed by atoms with Gasteiger partial charge in [0, 0.05) is 11.6 Å². The van der Waals surface area contributed by atoms with Crippen LogP contribution in [-0.2, 0) is 0 Å². The second kappa shape index (κ2) is 6.68. The molecule has 1 aromatic heterocycles. The van der Waals surface area contributed by atoms with E-state index >= 15 is 0 Å². The van der Waals surface area contributed by atoms with Crippen molar-refractivity contribution in [1.82, 2.24) is 5.32 Å². The third kappa shape index (κ3) is 3.50. The Bertz CT molecular complexity index is 847. The van der Waals surface area contributed by atoms with Gasteiger partial charge in [-0.2, -0.15) is 0 Å². The van der Waals surface area contributed by atoms with Gasteiger partial charge in [0.25, 0.3) is 11.8 Å². The molecule has 2 aromatic rings. The first-order chi connectivity index (χ1) is 12.1. The van der Waals surface area contributed by atoms with Gasteiger partial charge in [0.15, 0.2) is 11.5 Å². The van der Waals surface area contributed by atoms with Crippen molar-refractivity contribution in [1.29, 1.82) is 0 Å². The molecule has 130 valence electrons. The molecule has 1 fully saturated rings. The number of hydrogen-bond donors (Lipinski definition) is 2. The van der Waals surface area contributed by atoms with E-state index in [1.54, 1.807) is 23.6 Å². The van der Waals surface area contributed by atoms with Gasteiger partial charge in [-0.05, 0) is 52.4 Å². The number of nitrogens with one attached hydrogen (secondary N) is 2. The fourth-order valence-electron chi connectivity index (χ4n) is 2.49. The Hall–Kier alpha value is -2.06. The minimum Gasteiger partial charge on any atom is -0.486 e. The van der Waals surface area contributed by atoms with Crippen LogP contribution in [-0.4, -0.2) is 31.1 Å². The van der Waals surface area contributed by atoms with Gasteiger partial charge < -0.3 is 20.1 Å². The van der Waals surface area contributed by atoms with Crippen LogP contribution in [0.25, 0.3) is 0 Å². The predicted molar refractivity (Wildman–Crippen MR) is 97.9 cm³/mol. The number of ether oxygens (including phenoxy) is 2. The first-order valence-electron chi connectivity index (χ1n) is 7.90. The van der Waals surface area contributed by atoms with E-state index in [1.165, 1.54) is 11.3 Å². The summed E-state index contributed by atoms with van der Waals surface area (Å²) in [6.45, 7) is 0.923. The smallest absolute Gasteiger partial charge is 0.256 e. The number of benzene rings is 1. The highest BCUT2D eigenvalue weighted by molar-refractivity contribution is 9.10. The number of carbonyl (C=O) groups is 2. The molecule has 6 nitrogen and oxygen atoms in total. The summed E-state index contributed by atoms with van der Waals surface area (Å²) < 4.78 is 11.7. The standard InChI is InChI=1S/C17H15BrN2O4S/c18-12-7-9(8-13-14(12)24-5-4-23-13)15(21)20-17-11(3-6-25-17)16(22)19-10-1-2-10/h3,6-8,10H,1-2,4-5H2,(H,19,22)(H,20,21). The fraction of sp³-hybridized carbons (Fsp3) is 0.294. The largest absolute Gasteiger partial charge is 0.486 e. The molecule has 0 radical (unpaired) electrons. The van der Waals surface area contributed by atoms with E-state index in [9.17, 15) is 9.59 Å². The van der Waals surface area contributed by atoms with E-state index in [0.29, 0.717) is 45.3 Å². The minimum absolute atomic E-state index is 0.151. The summed E-state index contributed by atoms with van der Waals surface area (Å²) in [5, 5.41) is 8.07. The molecule has 0 unspecified atom stereocenters. The van der Waals surface area contributed by atoms with Gasteiger partial charge in [-0.3, -0.25) is 9.59 Å². The molecule has 0 spiro atoms. The zero-order chi connectivity index (χ0) is 17.4. The van der Waals surface area contributed by atoms with E-state index in [4.69, 9.17) is 9.47 Å². The summed E-state index contributed by atoms with van der Waals surface area (Å²) >= 11 is 4.73. The second-order valence-corrected chi connectivity index (χ2v) is 7.62. The van der Waals surface area contributed by atoms with Crippen LogP contribution in [0.15, 0.2) is 28.1 Å². The first kappa shape index (κ1) is 16.4. The number of rotatable bonds is 4. The topological polar surface area (TPSA) is 76.7 Å². The van der Waals surface area contributed by atoms with Crippen LogP contribution in [0.2, 0.25) is 0 Å². The van der Waals surface area contributed by atoms with E-state index in [2.05, 4.69) is 26.6 Å². The van der Waals surface area contributed by atoms with E-state index in [1.807, 2.05) is 0 Å². The van der Waals surface area contributed by atoms with E-state index < -0.39 is 0 Å². The van der Waals surface area contributed by atoms with Gasteiger partial charge in [-0.1, -0.05) is 0 Å². The molecule has 1 aliphatic heterocycles. The molecule has 2 aliphatic rings. The lowest BCUT2D eigenvalue weighted by atomic mass is 10.1. The molecule has 1 saturated carbocycles. The number of hydrogen-bond acceptors (Lipinski definition) is 5. The van der Waals surface area contributed by atoms with Gasteiger partial charge in [0.1, 0.15) is 18.2 Å². The lowest BCUT2D eigenvalue weighted by Gasteiger charge is -2.20. The van der Waals surface area contributed by atoms with Gasteiger partial charge >= 0.3 is 0 Å². The highest BCUT2D eigenvalue weighted by Gasteiger charge is 2.26. The van der Waals surface area contributed by atoms with Crippen molar-refractivity contribution < 1.29 is 19.1 Å². The van der Waals surface area contributed by atoms with Gasteiger partial charge in [-0.25, -0.2) is 0 Å². The predicted octanol–water partition coefficient (Wildman–Crippen LogP) is 3.43. The monoisotopic (exact) mass is 422 g/mol. The first-order valence-corrected chi connectivity index (χ1v) is 9.58. The molecule has 4 rings (SSSR count). The average Bonchev–Trinajstić information content (AvgIpc) is 3.30. The van der Waals surface area contributed by atoms with Crippen molar-refractivity contribution in [2.24, 2.45) is 0 Å². The average molecular weight is 423 g/mol. The quantitative estimate of drug-likeness (QED) is 0.790. The SMILES string of the molecule is O=C(Nc1sccc1C(=O)NC1CC1)c1cc(Br)c2c(c1)OCCO2. The number of halogens is 1. The lowest BCUT2D eigenvalue weighted by molar-refractivity contribution is 0.0952. The molecular formula is C17H15BrN2O4S. The number of anilines is 1. The van der Waals surface area contributed by atoms with Crippen molar-refractivity contribution in [2.45, 2.75) is 18.9 Å². The highest BCUT2D eigenvalue weighted by Crippen LogP contribution is 2.38. The Morgan fingerprint density at radius 1 is 1.16 bits per heavy atom. The maximum absolute atomic E-state index is 12.6. The summed E-state index contributed by atoms with van der Waals surface area (Å²) in [5.41, 5.74) is 0.917. The second-order valence-electron chi connectivity index (χ2n) is 5.85. The van der Waals surface area contributed by atoms with Gasteiger partial charge in [0.05, 0.1) is 10.0 Å². The Balaban J connectivity index is 1.54. The molecule has 1 aliphatic carbocycles. The van der Waals surface area contributed by atoms with Crippen molar-refractivity contribution in [3.8, 4) is 11.5 Å². The van der Waals surface area contributed by atoms with Crippen LogP contribution in [0.3, 0.4) is 0 Å². The maximum atomic E-state index is 12.6. The Morgan fingerprint density at radius 3 is 2.76 bits per heavy atom. The molecule has 1 aromatic carbocycles. The lowest BCUT2D eigenvalue weighted by Crippen LogP contribution is -2.26. The number of amides is 2. The molecule has 2 heterocycles. The maximum Gasteiger partial charge on any atom is 0.256 e. The Morgan fingerprint density at radius 2 is 1.96 bits per heavy atom. The summed E-state index contributed by atoms with van der Waals surface area (Å²) in [6.07, 6.45) is 2.03. The van der Waals surface area contributed by atoms with Crippen molar-refractivity contribution in [2.75, 3.05) is 18.5 Å². The van der Waals surface area contributed by atoms with Gasteiger partial charge in [-0.15, -0.1) is 11.3 Å². The number of thiophene rings is 1. The van der Waals surface area contributed by atoms with Crippen molar-refractivity contribution in [3.63, 3.8) is 0 Å². The van der Waals surface area contributed by atoms with Crippen molar-refractivity contribution in [3.05, 3.63) is 39.2 Å². The van der Waals surface area contributed by atoms with Crippen LogP contribution < -0.4 is 20.1 Å². The zero-order valence-corrected chi connectivity index (χ0v) is 15.5. The summed E-state index contributed by atoms with van der Waals surface area (Å²) in [7, 11) is 0. The molecule has 0 saturated heterocycles. The van der Waals surface area contributed by atoms with Gasteiger partial charge in [0.2, 0.25) is 0 Å². The van der Waals surface area contributed by atoms with Crippen LogP contribution in [0.1, 0.15) is 33.6 Å². The number of carbonyl (C=O) groups excluding carboxylic acids is 2. The number of fused-ring (bicyclic) bond motifs is 1. The molecule has 0 atom stereocenters. The molecular weight excluding hydrogens is 408 g/mol. The molecule has 8 heteroatoms. The van der Waals surface area contributed by atoms with E-state index in [0.717, 1.165) is 12.8 Å². The normalized spacial score (nSPS) is 15.6. The summed E-state index contributed by atoms with van der Waals surface area (Å²) in [4.78, 5) is 24.8. The fourth-order valence-corrected chi connectivity index (χ4v) is 3.83. The molecule has 2 amide bonds. The van der Waals surface area contributed by atoms with Crippen molar-refractivity contribution >= 4 is 44.1 Å². The van der Waals surface area contributed by atoms with Crippen LogP contribution in [0, 0.1) is 0 Å². The third-order valence-electron chi connectivity index (χ3n) is 3.91. The Kier molecular flexibility index (Phi) is 4.39. The van der Waals surface area contributed by atoms with Crippen LogP contribution in [0.5, 0.6) is 11.5 Å². The molecule has 25 heavy (non-hydrogen) atoms. The third-order valence-corrected chi connectivity index (χ3v) is 5.33. The van der Waals surface area contributed by atoms with Crippen LogP contribution in [0.4, 0.5) is 5.00 Å². The van der Waals surface area contributed by atoms with E-state index in [-0.39, 0.29) is 17.9 Å². The summed E-state index contributed by atoms with van der Waals surface area (Å²) in [5.74, 6) is 0.676. The van der Waals surface area contributed by atoms with Crippen LogP contribution >= 0.6 is 27.3 Å².